The highest BCUT2D eigenvalue weighted by molar-refractivity contribution is 7.18. The standard InChI is InChI=1S/C8H5N3S/c1-2-7-8-6(3-5-12-8)10-11(7)9-4-1/h1-5H. The minimum Gasteiger partial charge on any atom is -0.159 e. The summed E-state index contributed by atoms with van der Waals surface area (Å²) in [6, 6.07) is 5.96. The summed E-state index contributed by atoms with van der Waals surface area (Å²) in [5.74, 6) is 0. The molecule has 0 radical (unpaired) electrons. The van der Waals surface area contributed by atoms with Gasteiger partial charge in [0.25, 0.3) is 0 Å². The molecule has 3 heterocycles. The molecule has 0 N–H and O–H groups in total. The van der Waals surface area contributed by atoms with Gasteiger partial charge in [-0.25, -0.2) is 0 Å². The summed E-state index contributed by atoms with van der Waals surface area (Å²) in [5.41, 5.74) is 2.11. The van der Waals surface area contributed by atoms with Gasteiger partial charge in [0.05, 0.1) is 4.70 Å². The molecule has 0 fully saturated rings. The van der Waals surface area contributed by atoms with E-state index in [9.17, 15) is 0 Å². The van der Waals surface area contributed by atoms with E-state index >= 15 is 0 Å². The first-order valence-corrected chi connectivity index (χ1v) is 4.50. The average Bonchev–Trinajstić information content (AvgIpc) is 2.62. The highest BCUT2D eigenvalue weighted by Crippen LogP contribution is 2.23. The van der Waals surface area contributed by atoms with E-state index < -0.39 is 0 Å². The second kappa shape index (κ2) is 2.04. The van der Waals surface area contributed by atoms with Crippen LogP contribution in [0.1, 0.15) is 0 Å². The Labute approximate surface area is 72.2 Å². The van der Waals surface area contributed by atoms with Crippen LogP contribution in [-0.2, 0) is 0 Å². The maximum atomic E-state index is 4.29. The van der Waals surface area contributed by atoms with Crippen molar-refractivity contribution in [1.82, 2.24) is 14.8 Å². The third-order valence-electron chi connectivity index (χ3n) is 1.81. The number of thiophene rings is 1. The summed E-state index contributed by atoms with van der Waals surface area (Å²) >= 11 is 1.70. The maximum Gasteiger partial charge on any atom is 0.106 e. The Balaban J connectivity index is 2.68. The molecule has 0 saturated carbocycles. The summed E-state index contributed by atoms with van der Waals surface area (Å²) in [6.07, 6.45) is 1.74. The SMILES string of the molecule is c1cnn2nc3ccsc3c2c1. The van der Waals surface area contributed by atoms with E-state index in [1.165, 1.54) is 4.70 Å². The van der Waals surface area contributed by atoms with Crippen LogP contribution >= 0.6 is 11.3 Å². The molecule has 3 aromatic rings. The molecule has 0 saturated heterocycles. The topological polar surface area (TPSA) is 30.2 Å². The van der Waals surface area contributed by atoms with Gasteiger partial charge >= 0.3 is 0 Å². The van der Waals surface area contributed by atoms with Crippen molar-refractivity contribution in [2.24, 2.45) is 0 Å². The Kier molecular flexibility index (Phi) is 1.04. The fourth-order valence-corrected chi connectivity index (χ4v) is 2.12. The van der Waals surface area contributed by atoms with Crippen LogP contribution in [0.25, 0.3) is 15.7 Å². The van der Waals surface area contributed by atoms with Crippen molar-refractivity contribution < 1.29 is 0 Å². The maximum absolute atomic E-state index is 4.29. The Morgan fingerprint density at radius 1 is 1.33 bits per heavy atom. The molecule has 0 aliphatic heterocycles. The molecule has 0 aliphatic carbocycles. The molecule has 0 spiro atoms. The van der Waals surface area contributed by atoms with Crippen molar-refractivity contribution in [3.8, 4) is 0 Å². The lowest BCUT2D eigenvalue weighted by atomic mass is 10.4. The zero-order chi connectivity index (χ0) is 7.97. The Morgan fingerprint density at radius 2 is 2.33 bits per heavy atom. The van der Waals surface area contributed by atoms with Gasteiger partial charge < -0.3 is 0 Å². The van der Waals surface area contributed by atoms with Crippen LogP contribution < -0.4 is 0 Å². The first-order chi connectivity index (χ1) is 5.95. The van der Waals surface area contributed by atoms with Crippen LogP contribution in [0.3, 0.4) is 0 Å². The van der Waals surface area contributed by atoms with E-state index in [1.54, 1.807) is 22.2 Å². The van der Waals surface area contributed by atoms with Gasteiger partial charge in [0.2, 0.25) is 0 Å². The van der Waals surface area contributed by atoms with Crippen molar-refractivity contribution in [1.29, 1.82) is 0 Å². The van der Waals surface area contributed by atoms with Gasteiger partial charge in [-0.15, -0.1) is 21.1 Å². The van der Waals surface area contributed by atoms with E-state index in [1.807, 2.05) is 23.6 Å². The molecular formula is C8H5N3S. The van der Waals surface area contributed by atoms with E-state index in [0.717, 1.165) is 11.0 Å². The molecule has 0 bridgehead atoms. The highest BCUT2D eigenvalue weighted by atomic mass is 32.1. The van der Waals surface area contributed by atoms with Crippen LogP contribution in [0.4, 0.5) is 0 Å². The fraction of sp³-hybridized carbons (Fsp3) is 0. The molecule has 0 amide bonds. The summed E-state index contributed by atoms with van der Waals surface area (Å²) in [5, 5.41) is 10.4. The summed E-state index contributed by atoms with van der Waals surface area (Å²) < 4.78 is 2.88. The molecule has 3 aromatic heterocycles. The minimum atomic E-state index is 1.03. The second-order valence-corrected chi connectivity index (χ2v) is 3.45. The molecule has 12 heavy (non-hydrogen) atoms. The van der Waals surface area contributed by atoms with Gasteiger partial charge in [-0.05, 0) is 23.6 Å². The first kappa shape index (κ1) is 6.14. The first-order valence-electron chi connectivity index (χ1n) is 3.62. The van der Waals surface area contributed by atoms with Crippen LogP contribution in [0, 0.1) is 0 Å². The van der Waals surface area contributed by atoms with Crippen molar-refractivity contribution >= 4 is 27.1 Å². The van der Waals surface area contributed by atoms with Crippen LogP contribution in [0.2, 0.25) is 0 Å². The van der Waals surface area contributed by atoms with Gasteiger partial charge in [0.1, 0.15) is 11.0 Å². The molecule has 0 aliphatic rings. The van der Waals surface area contributed by atoms with E-state index in [4.69, 9.17) is 0 Å². The molecule has 0 unspecified atom stereocenters. The Morgan fingerprint density at radius 3 is 3.33 bits per heavy atom. The molecule has 0 aromatic carbocycles. The minimum absolute atomic E-state index is 1.03. The third-order valence-corrected chi connectivity index (χ3v) is 2.74. The predicted molar refractivity (Wildman–Crippen MR) is 48.4 cm³/mol. The average molecular weight is 175 g/mol. The normalized spacial score (nSPS) is 11.3. The van der Waals surface area contributed by atoms with Gasteiger partial charge in [-0.3, -0.25) is 0 Å². The zero-order valence-electron chi connectivity index (χ0n) is 6.14. The number of aromatic nitrogens is 3. The second-order valence-electron chi connectivity index (χ2n) is 2.53. The van der Waals surface area contributed by atoms with Gasteiger partial charge in [-0.1, -0.05) is 0 Å². The quantitative estimate of drug-likeness (QED) is 0.522. The zero-order valence-corrected chi connectivity index (χ0v) is 6.95. The Hall–Kier alpha value is -1.42. The number of hydrogen-bond acceptors (Lipinski definition) is 3. The lowest BCUT2D eigenvalue weighted by Crippen LogP contribution is -1.89. The van der Waals surface area contributed by atoms with Crippen molar-refractivity contribution in [3.05, 3.63) is 29.8 Å². The lowest BCUT2D eigenvalue weighted by Gasteiger charge is -1.86. The number of nitrogens with zero attached hydrogens (tertiary/aromatic N) is 3. The van der Waals surface area contributed by atoms with Gasteiger partial charge in [-0.2, -0.15) is 5.10 Å². The third kappa shape index (κ3) is 0.648. The summed E-state index contributed by atoms with van der Waals surface area (Å²) in [6.45, 7) is 0. The lowest BCUT2D eigenvalue weighted by molar-refractivity contribution is 0.811. The molecule has 58 valence electrons. The van der Waals surface area contributed by atoms with Crippen LogP contribution in [0.15, 0.2) is 29.8 Å². The number of fused-ring (bicyclic) bond motifs is 3. The summed E-state index contributed by atoms with van der Waals surface area (Å²) in [4.78, 5) is 0. The van der Waals surface area contributed by atoms with Crippen LogP contribution in [-0.4, -0.2) is 14.8 Å². The Bertz CT molecular complexity index is 536. The van der Waals surface area contributed by atoms with Crippen molar-refractivity contribution in [2.75, 3.05) is 0 Å². The van der Waals surface area contributed by atoms with Gasteiger partial charge in [0, 0.05) is 6.20 Å². The largest absolute Gasteiger partial charge is 0.159 e. The van der Waals surface area contributed by atoms with E-state index in [0.29, 0.717) is 0 Å². The highest BCUT2D eigenvalue weighted by Gasteiger charge is 2.04. The van der Waals surface area contributed by atoms with E-state index in [-0.39, 0.29) is 0 Å². The number of rotatable bonds is 0. The van der Waals surface area contributed by atoms with Crippen LogP contribution in [0.5, 0.6) is 0 Å². The smallest absolute Gasteiger partial charge is 0.106 e. The van der Waals surface area contributed by atoms with E-state index in [2.05, 4.69) is 10.2 Å². The fourth-order valence-electron chi connectivity index (χ4n) is 1.29. The van der Waals surface area contributed by atoms with Gasteiger partial charge in [0.15, 0.2) is 0 Å². The van der Waals surface area contributed by atoms with Crippen molar-refractivity contribution in [2.45, 2.75) is 0 Å². The van der Waals surface area contributed by atoms with Crippen molar-refractivity contribution in [3.63, 3.8) is 0 Å². The molecule has 0 atom stereocenters. The molecule has 3 nitrogen and oxygen atoms in total. The summed E-state index contributed by atoms with van der Waals surface area (Å²) in [7, 11) is 0. The molecular weight excluding hydrogens is 170 g/mol. The molecule has 3 rings (SSSR count). The molecule has 4 heteroatoms. The monoisotopic (exact) mass is 175 g/mol. The number of hydrogen-bond donors (Lipinski definition) is 0. The predicted octanol–water partition coefficient (Wildman–Crippen LogP) is 1.94.